The van der Waals surface area contributed by atoms with E-state index in [1.54, 1.807) is 0 Å². The molecule has 0 amide bonds. The van der Waals surface area contributed by atoms with Crippen molar-refractivity contribution in [2.24, 2.45) is 0 Å². The smallest absolute Gasteiger partial charge is 0.170 e. The second-order valence-corrected chi connectivity index (χ2v) is 3.68. The number of nitrogens with zero attached hydrogens (tertiary/aromatic N) is 2. The fourth-order valence-electron chi connectivity index (χ4n) is 1.71. The Labute approximate surface area is 94.7 Å². The first-order valence-electron chi connectivity index (χ1n) is 5.39. The number of rotatable bonds is 4. The van der Waals surface area contributed by atoms with Gasteiger partial charge in [0.2, 0.25) is 0 Å². The largest absolute Gasteiger partial charge is 0.296 e. The number of aldehydes is 1. The monoisotopic (exact) mass is 214 g/mol. The molecule has 0 fully saturated rings. The molecule has 0 aliphatic rings. The average Bonchev–Trinajstić information content (AvgIpc) is 2.73. The lowest BCUT2D eigenvalue weighted by Crippen LogP contribution is -2.05. The van der Waals surface area contributed by atoms with E-state index in [0.29, 0.717) is 5.69 Å². The molecule has 2 aromatic rings. The summed E-state index contributed by atoms with van der Waals surface area (Å²) in [5, 5.41) is 4.24. The van der Waals surface area contributed by atoms with Gasteiger partial charge in [-0.15, -0.1) is 0 Å². The zero-order valence-electron chi connectivity index (χ0n) is 9.26. The first-order chi connectivity index (χ1) is 7.83. The Balaban J connectivity index is 2.27. The van der Waals surface area contributed by atoms with Crippen LogP contribution in [0.4, 0.5) is 0 Å². The molecule has 3 nitrogen and oxygen atoms in total. The van der Waals surface area contributed by atoms with Crippen molar-refractivity contribution in [3.8, 4) is 0 Å². The Morgan fingerprint density at radius 2 is 2.06 bits per heavy atom. The van der Waals surface area contributed by atoms with Crippen LogP contribution in [0.15, 0.2) is 36.4 Å². The Bertz CT molecular complexity index is 474. The summed E-state index contributed by atoms with van der Waals surface area (Å²) in [6.45, 7) is 2.78. The summed E-state index contributed by atoms with van der Waals surface area (Å²) in [4.78, 5) is 10.7. The van der Waals surface area contributed by atoms with Crippen molar-refractivity contribution in [2.75, 3.05) is 0 Å². The van der Waals surface area contributed by atoms with Crippen LogP contribution in [-0.4, -0.2) is 16.1 Å². The molecule has 0 N–H and O–H groups in total. The molecule has 1 heterocycles. The fourth-order valence-corrected chi connectivity index (χ4v) is 1.71. The van der Waals surface area contributed by atoms with Crippen LogP contribution in [0.3, 0.4) is 0 Å². The quantitative estimate of drug-likeness (QED) is 0.732. The van der Waals surface area contributed by atoms with E-state index >= 15 is 0 Å². The van der Waals surface area contributed by atoms with Gasteiger partial charge in [0.15, 0.2) is 6.29 Å². The molecule has 3 heteroatoms. The molecule has 0 saturated carbocycles. The van der Waals surface area contributed by atoms with Crippen molar-refractivity contribution in [1.82, 2.24) is 9.78 Å². The minimum absolute atomic E-state index is 0.507. The van der Waals surface area contributed by atoms with E-state index in [1.165, 1.54) is 5.56 Å². The molecule has 0 aliphatic heterocycles. The van der Waals surface area contributed by atoms with Crippen molar-refractivity contribution in [3.05, 3.63) is 53.3 Å². The Morgan fingerprint density at radius 1 is 1.31 bits per heavy atom. The van der Waals surface area contributed by atoms with Gasteiger partial charge in [0.05, 0.1) is 6.54 Å². The molecule has 0 radical (unpaired) electrons. The Kier molecular flexibility index (Phi) is 3.15. The summed E-state index contributed by atoms with van der Waals surface area (Å²) >= 11 is 0. The third-order valence-electron chi connectivity index (χ3n) is 2.54. The number of carbonyl (C=O) groups excluding carboxylic acids is 1. The molecule has 0 aliphatic carbocycles. The van der Waals surface area contributed by atoms with Crippen LogP contribution >= 0.6 is 0 Å². The maximum absolute atomic E-state index is 10.7. The summed E-state index contributed by atoms with van der Waals surface area (Å²) in [6, 6.07) is 12.0. The van der Waals surface area contributed by atoms with Crippen molar-refractivity contribution >= 4 is 6.29 Å². The SMILES string of the molecule is CCc1cc(C=O)nn1Cc1ccccc1. The molecule has 16 heavy (non-hydrogen) atoms. The fraction of sp³-hybridized carbons (Fsp3) is 0.231. The third kappa shape index (κ3) is 2.19. The zero-order valence-corrected chi connectivity index (χ0v) is 9.26. The van der Waals surface area contributed by atoms with Gasteiger partial charge in [-0.3, -0.25) is 9.48 Å². The van der Waals surface area contributed by atoms with Gasteiger partial charge in [0, 0.05) is 5.69 Å². The summed E-state index contributed by atoms with van der Waals surface area (Å²) in [7, 11) is 0. The average molecular weight is 214 g/mol. The van der Waals surface area contributed by atoms with Crippen LogP contribution in [0, 0.1) is 0 Å². The second-order valence-electron chi connectivity index (χ2n) is 3.68. The minimum Gasteiger partial charge on any atom is -0.296 e. The van der Waals surface area contributed by atoms with Crippen molar-refractivity contribution in [2.45, 2.75) is 19.9 Å². The Morgan fingerprint density at radius 3 is 2.69 bits per heavy atom. The third-order valence-corrected chi connectivity index (χ3v) is 2.54. The predicted molar refractivity (Wildman–Crippen MR) is 62.5 cm³/mol. The lowest BCUT2D eigenvalue weighted by molar-refractivity contribution is 0.111. The first kappa shape index (κ1) is 10.6. The first-order valence-corrected chi connectivity index (χ1v) is 5.39. The summed E-state index contributed by atoms with van der Waals surface area (Å²) < 4.78 is 1.89. The molecule has 0 unspecified atom stereocenters. The molecule has 0 saturated heterocycles. The van der Waals surface area contributed by atoms with E-state index in [4.69, 9.17) is 0 Å². The summed E-state index contributed by atoms with van der Waals surface area (Å²) in [6.07, 6.45) is 1.67. The van der Waals surface area contributed by atoms with E-state index in [0.717, 1.165) is 24.9 Å². The maximum atomic E-state index is 10.7. The number of aryl methyl sites for hydroxylation is 1. The highest BCUT2D eigenvalue weighted by Gasteiger charge is 2.05. The molecule has 2 rings (SSSR count). The maximum Gasteiger partial charge on any atom is 0.170 e. The number of hydrogen-bond acceptors (Lipinski definition) is 2. The van der Waals surface area contributed by atoms with Crippen LogP contribution < -0.4 is 0 Å². The van der Waals surface area contributed by atoms with Crippen molar-refractivity contribution in [3.63, 3.8) is 0 Å². The molecule has 0 atom stereocenters. The van der Waals surface area contributed by atoms with Gasteiger partial charge in [-0.05, 0) is 18.1 Å². The lowest BCUT2D eigenvalue weighted by atomic mass is 10.2. The van der Waals surface area contributed by atoms with E-state index in [1.807, 2.05) is 28.9 Å². The van der Waals surface area contributed by atoms with E-state index in [2.05, 4.69) is 24.2 Å². The molecule has 82 valence electrons. The molecular formula is C13H14N2O. The van der Waals surface area contributed by atoms with Crippen LogP contribution in [0.25, 0.3) is 0 Å². The normalized spacial score (nSPS) is 10.3. The Hall–Kier alpha value is -1.90. The van der Waals surface area contributed by atoms with Crippen LogP contribution in [0.5, 0.6) is 0 Å². The van der Waals surface area contributed by atoms with Gasteiger partial charge in [-0.2, -0.15) is 5.10 Å². The second kappa shape index (κ2) is 4.75. The molecule has 1 aromatic heterocycles. The van der Waals surface area contributed by atoms with Gasteiger partial charge in [0.1, 0.15) is 5.69 Å². The number of carbonyl (C=O) groups is 1. The summed E-state index contributed by atoms with van der Waals surface area (Å²) in [5.41, 5.74) is 2.79. The van der Waals surface area contributed by atoms with Gasteiger partial charge in [-0.1, -0.05) is 37.3 Å². The molecule has 0 spiro atoms. The van der Waals surface area contributed by atoms with Gasteiger partial charge in [0.25, 0.3) is 0 Å². The zero-order chi connectivity index (χ0) is 11.4. The van der Waals surface area contributed by atoms with Gasteiger partial charge >= 0.3 is 0 Å². The summed E-state index contributed by atoms with van der Waals surface area (Å²) in [5.74, 6) is 0. The highest BCUT2D eigenvalue weighted by atomic mass is 16.1. The highest BCUT2D eigenvalue weighted by molar-refractivity contribution is 5.71. The van der Waals surface area contributed by atoms with Crippen molar-refractivity contribution in [1.29, 1.82) is 0 Å². The van der Waals surface area contributed by atoms with E-state index in [-0.39, 0.29) is 0 Å². The number of hydrogen-bond donors (Lipinski definition) is 0. The predicted octanol–water partition coefficient (Wildman–Crippen LogP) is 2.31. The van der Waals surface area contributed by atoms with Gasteiger partial charge in [-0.25, -0.2) is 0 Å². The van der Waals surface area contributed by atoms with E-state index in [9.17, 15) is 4.79 Å². The minimum atomic E-state index is 0.507. The lowest BCUT2D eigenvalue weighted by Gasteiger charge is -2.05. The number of aromatic nitrogens is 2. The van der Waals surface area contributed by atoms with Crippen LogP contribution in [0.1, 0.15) is 28.7 Å². The molecule has 0 bridgehead atoms. The van der Waals surface area contributed by atoms with Crippen LogP contribution in [0.2, 0.25) is 0 Å². The molecular weight excluding hydrogens is 200 g/mol. The highest BCUT2D eigenvalue weighted by Crippen LogP contribution is 2.08. The standard InChI is InChI=1S/C13H14N2O/c1-2-13-8-12(10-16)14-15(13)9-11-6-4-3-5-7-11/h3-8,10H,2,9H2,1H3. The topological polar surface area (TPSA) is 34.9 Å². The number of benzene rings is 1. The van der Waals surface area contributed by atoms with E-state index < -0.39 is 0 Å². The van der Waals surface area contributed by atoms with Crippen LogP contribution in [-0.2, 0) is 13.0 Å². The van der Waals surface area contributed by atoms with Gasteiger partial charge < -0.3 is 0 Å². The molecule has 1 aromatic carbocycles. The van der Waals surface area contributed by atoms with Crippen molar-refractivity contribution < 1.29 is 4.79 Å².